The van der Waals surface area contributed by atoms with Crippen LogP contribution in [0.15, 0.2) is 24.3 Å². The molecule has 1 aliphatic rings. The van der Waals surface area contributed by atoms with Gasteiger partial charge in [0.2, 0.25) is 29.5 Å². The Morgan fingerprint density at radius 3 is 2.06 bits per heavy atom. The minimum absolute atomic E-state index is 0.00110. The molecule has 0 bridgehead atoms. The number of methoxy groups -OCH3 is 2. The Morgan fingerprint density at radius 1 is 0.843 bits per heavy atom. The molecule has 8 N–H and O–H groups in total. The average Bonchev–Trinajstić information content (AvgIpc) is 3.79. The first kappa shape index (κ1) is 61.3. The highest BCUT2D eigenvalue weighted by Gasteiger charge is 2.43. The van der Waals surface area contributed by atoms with Gasteiger partial charge in [-0.1, -0.05) is 73.4 Å². The van der Waals surface area contributed by atoms with Crippen molar-refractivity contribution in [2.45, 2.75) is 174 Å². The molecule has 1 fully saturated rings. The number of aliphatic carboxylic acids is 2. The molecule has 5 amide bonds. The zero-order valence-electron chi connectivity index (χ0n) is 43.8. The van der Waals surface area contributed by atoms with E-state index in [1.54, 1.807) is 35.9 Å². The lowest BCUT2D eigenvalue weighted by atomic mass is 9.89. The summed E-state index contributed by atoms with van der Waals surface area (Å²) in [5.74, 6) is -4.92. The zero-order chi connectivity index (χ0) is 52.8. The molecule has 10 atom stereocenters. The molecule has 1 heterocycles. The Labute approximate surface area is 416 Å². The van der Waals surface area contributed by atoms with E-state index in [-0.39, 0.29) is 60.0 Å². The minimum atomic E-state index is -1.24. The molecule has 398 valence electrons. The van der Waals surface area contributed by atoms with Gasteiger partial charge in [0.05, 0.1) is 42.7 Å². The van der Waals surface area contributed by atoms with Crippen molar-refractivity contribution in [2.75, 3.05) is 47.9 Å². The Bertz CT molecular complexity index is 1820. The van der Waals surface area contributed by atoms with Crippen molar-refractivity contribution in [2.24, 2.45) is 29.4 Å². The lowest BCUT2D eigenvalue weighted by Gasteiger charge is -2.41. The molecular formula is C51H87N7O12. The fourth-order valence-electron chi connectivity index (χ4n) is 9.55. The summed E-state index contributed by atoms with van der Waals surface area (Å²) in [7, 11) is 6.55. The second-order valence-corrected chi connectivity index (χ2v) is 19.9. The number of amides is 5. The molecule has 1 saturated heterocycles. The number of benzene rings is 1. The first-order valence-corrected chi connectivity index (χ1v) is 25.2. The van der Waals surface area contributed by atoms with Gasteiger partial charge in [-0.25, -0.2) is 4.79 Å². The number of nitrogens with one attached hydrogen (secondary N) is 3. The molecule has 1 aromatic carbocycles. The number of hydrogen-bond acceptors (Lipinski definition) is 12. The first-order valence-electron chi connectivity index (χ1n) is 25.2. The molecular weight excluding hydrogens is 903 g/mol. The number of carbonyl (C=O) groups excluding carboxylic acids is 5. The molecule has 0 aromatic heterocycles. The topological polar surface area (TPSA) is 270 Å². The molecule has 19 nitrogen and oxygen atoms in total. The number of carboxylic acids is 2. The van der Waals surface area contributed by atoms with Crippen molar-refractivity contribution in [1.82, 2.24) is 30.7 Å². The number of likely N-dealkylation sites (tertiary alicyclic amines) is 1. The quantitative estimate of drug-likeness (QED) is 0.0495. The summed E-state index contributed by atoms with van der Waals surface area (Å²) < 4.78 is 11.9. The van der Waals surface area contributed by atoms with Gasteiger partial charge in [-0.15, -0.1) is 0 Å². The average molecular weight is 990 g/mol. The van der Waals surface area contributed by atoms with Crippen molar-refractivity contribution in [3.63, 3.8) is 0 Å². The summed E-state index contributed by atoms with van der Waals surface area (Å²) in [4.78, 5) is 97.4. The molecule has 0 aliphatic carbocycles. The Morgan fingerprint density at radius 2 is 1.50 bits per heavy atom. The van der Waals surface area contributed by atoms with Crippen LogP contribution in [0.3, 0.4) is 0 Å². The fourth-order valence-corrected chi connectivity index (χ4v) is 9.55. The number of likely N-dealkylation sites (N-methyl/N-ethyl adjacent to an activating group) is 2. The number of carbonyl (C=O) groups is 7. The van der Waals surface area contributed by atoms with Crippen LogP contribution in [0.25, 0.3) is 0 Å². The monoisotopic (exact) mass is 990 g/mol. The van der Waals surface area contributed by atoms with Gasteiger partial charge in [0.1, 0.15) is 23.9 Å². The molecule has 0 spiro atoms. The van der Waals surface area contributed by atoms with Crippen molar-refractivity contribution < 1.29 is 58.4 Å². The molecule has 2 rings (SSSR count). The van der Waals surface area contributed by atoms with Crippen LogP contribution in [0.2, 0.25) is 0 Å². The summed E-state index contributed by atoms with van der Waals surface area (Å²) in [5.41, 5.74) is 6.15. The van der Waals surface area contributed by atoms with Gasteiger partial charge in [-0.3, -0.25) is 33.7 Å². The number of aromatic hydroxyl groups is 1. The Hall–Kier alpha value is -4.85. The summed E-state index contributed by atoms with van der Waals surface area (Å²) >= 11 is 0. The third kappa shape index (κ3) is 19.1. The second kappa shape index (κ2) is 30.8. The largest absolute Gasteiger partial charge is 0.508 e. The van der Waals surface area contributed by atoms with E-state index >= 15 is 0 Å². The lowest BCUT2D eigenvalue weighted by Crippen LogP contribution is -2.60. The molecule has 1 aromatic rings. The van der Waals surface area contributed by atoms with Gasteiger partial charge in [0.15, 0.2) is 0 Å². The highest BCUT2D eigenvalue weighted by molar-refractivity contribution is 5.90. The van der Waals surface area contributed by atoms with E-state index in [1.165, 1.54) is 26.4 Å². The van der Waals surface area contributed by atoms with Crippen molar-refractivity contribution in [3.8, 4) is 5.75 Å². The number of phenols is 1. The Balaban J connectivity index is 2.12. The summed E-state index contributed by atoms with van der Waals surface area (Å²) in [6.45, 7) is 14.8. The van der Waals surface area contributed by atoms with Crippen LogP contribution in [-0.2, 0) is 49.5 Å². The van der Waals surface area contributed by atoms with Crippen LogP contribution in [0.1, 0.15) is 125 Å². The van der Waals surface area contributed by atoms with Gasteiger partial charge >= 0.3 is 11.9 Å². The highest BCUT2D eigenvalue weighted by Crippen LogP contribution is 2.30. The zero-order valence-corrected chi connectivity index (χ0v) is 43.8. The number of carboxylic acid groups (broad SMARTS) is 2. The number of unbranched alkanes of at least 4 members (excludes halogenated alkanes) is 3. The van der Waals surface area contributed by atoms with Crippen LogP contribution >= 0.6 is 0 Å². The number of ether oxygens (including phenoxy) is 2. The van der Waals surface area contributed by atoms with Crippen LogP contribution < -0.4 is 21.7 Å². The summed E-state index contributed by atoms with van der Waals surface area (Å²) in [5, 5.41) is 37.1. The molecule has 19 heteroatoms. The van der Waals surface area contributed by atoms with Crippen LogP contribution in [-0.4, -0.2) is 168 Å². The summed E-state index contributed by atoms with van der Waals surface area (Å²) in [6, 6.07) is 1.50. The van der Waals surface area contributed by atoms with Gasteiger partial charge in [-0.2, -0.15) is 0 Å². The molecule has 2 unspecified atom stereocenters. The van der Waals surface area contributed by atoms with E-state index in [0.29, 0.717) is 76.6 Å². The second-order valence-electron chi connectivity index (χ2n) is 19.9. The predicted octanol–water partition coefficient (Wildman–Crippen LogP) is 3.78. The number of rotatable bonds is 33. The maximum Gasteiger partial charge on any atom is 0.326 e. The van der Waals surface area contributed by atoms with Gasteiger partial charge < -0.3 is 56.3 Å². The van der Waals surface area contributed by atoms with Crippen LogP contribution in [0.4, 0.5) is 0 Å². The Kier molecular flexibility index (Phi) is 27.0. The van der Waals surface area contributed by atoms with Gasteiger partial charge in [0.25, 0.3) is 0 Å². The number of nitrogens with zero attached hydrogens (tertiary/aromatic N) is 3. The predicted molar refractivity (Wildman–Crippen MR) is 266 cm³/mol. The maximum absolute atomic E-state index is 14.6. The SMILES string of the molecule is CC[C@H](C)C([C@@H](CC(=O)N1CCC[C@H]1[C@H](OC)[C@@H](C)C(=O)NC(Cc1ccc(O)cc1)C(=O)O)OC)N(C)C(=O)[C@@H](NC(=O)[C@H](C(C)C)N(C)CCCCCC(=O)NCCCC[C@H](N)C(=O)O)C(C)C. The normalized spacial score (nSPS) is 17.8. The third-order valence-electron chi connectivity index (χ3n) is 13.9. The first-order chi connectivity index (χ1) is 33.0. The molecule has 1 aliphatic heterocycles. The van der Waals surface area contributed by atoms with E-state index in [2.05, 4.69) is 16.0 Å². The minimum Gasteiger partial charge on any atom is -0.508 e. The molecule has 70 heavy (non-hydrogen) atoms. The number of nitrogens with two attached hydrogens (primary N) is 1. The van der Waals surface area contributed by atoms with Crippen molar-refractivity contribution in [1.29, 1.82) is 0 Å². The van der Waals surface area contributed by atoms with Gasteiger partial charge in [-0.05, 0) is 94.0 Å². The van der Waals surface area contributed by atoms with E-state index < -0.39 is 72.2 Å². The van der Waals surface area contributed by atoms with E-state index in [4.69, 9.17) is 20.3 Å². The van der Waals surface area contributed by atoms with Crippen LogP contribution in [0.5, 0.6) is 5.75 Å². The van der Waals surface area contributed by atoms with E-state index in [1.807, 2.05) is 53.5 Å². The summed E-state index contributed by atoms with van der Waals surface area (Å²) in [6.07, 6.45) is 4.52. The van der Waals surface area contributed by atoms with Crippen LogP contribution in [0, 0.1) is 23.7 Å². The van der Waals surface area contributed by atoms with Crippen molar-refractivity contribution in [3.05, 3.63) is 29.8 Å². The maximum atomic E-state index is 14.6. The third-order valence-corrected chi connectivity index (χ3v) is 13.9. The van der Waals surface area contributed by atoms with Gasteiger partial charge in [0, 0.05) is 47.2 Å². The standard InChI is InChI=1S/C51H87N7O12/c1-12-33(6)45(40(69-10)30-42(61)58-28-18-20-39(58)46(70-11)34(7)47(62)54-38(51(67)68)29-35-22-24-36(59)25-23-35)57(9)49(64)43(31(2)3)55-48(63)44(32(4)5)56(8)27-17-13-14-21-41(60)53-26-16-15-19-37(52)50(65)66/h22-25,31-34,37-40,43-46,59H,12-21,26-30,52H2,1-11H3,(H,53,60)(H,54,62)(H,55,63)(H,65,66)(H,67,68)/t33-,34+,37-,38?,39-,40+,43-,44-,45?,46+/m0/s1. The van der Waals surface area contributed by atoms with E-state index in [9.17, 15) is 43.8 Å². The van der Waals surface area contributed by atoms with Crippen molar-refractivity contribution >= 4 is 41.5 Å². The smallest absolute Gasteiger partial charge is 0.326 e. The molecule has 0 radical (unpaired) electrons. The number of hydrogen-bond donors (Lipinski definition) is 7. The van der Waals surface area contributed by atoms with E-state index in [0.717, 1.165) is 12.8 Å². The lowest BCUT2D eigenvalue weighted by molar-refractivity contribution is -0.148. The number of phenolic OH excluding ortho intramolecular Hbond substituents is 1. The fraction of sp³-hybridized carbons (Fsp3) is 0.745. The molecule has 0 saturated carbocycles. The highest BCUT2D eigenvalue weighted by atomic mass is 16.5.